The van der Waals surface area contributed by atoms with Gasteiger partial charge in [0.05, 0.1) is 0 Å². The quantitative estimate of drug-likeness (QED) is 0.512. The molecule has 0 aromatic rings. The van der Waals surface area contributed by atoms with Gasteiger partial charge in [-0.3, -0.25) is 9.52 Å². The minimum absolute atomic E-state index is 0.280. The molecule has 0 rings (SSSR count). The summed E-state index contributed by atoms with van der Waals surface area (Å²) >= 11 is 0. The van der Waals surface area contributed by atoms with Crippen LogP contribution in [0.5, 0.6) is 0 Å². The van der Waals surface area contributed by atoms with Crippen molar-refractivity contribution in [3.8, 4) is 0 Å². The summed E-state index contributed by atoms with van der Waals surface area (Å²) in [6.07, 6.45) is 0. The summed E-state index contributed by atoms with van der Waals surface area (Å²) in [6, 6.07) is 0. The number of amides is 1. The zero-order valence-electron chi connectivity index (χ0n) is 5.25. The van der Waals surface area contributed by atoms with Crippen molar-refractivity contribution in [3.05, 3.63) is 0 Å². The molecular formula is C4H9NO3S. The van der Waals surface area contributed by atoms with Crippen molar-refractivity contribution in [1.82, 2.24) is 4.72 Å². The number of hydrogen-bond acceptors (Lipinski definition) is 3. The Bertz CT molecular complexity index is 165. The highest BCUT2D eigenvalue weighted by atomic mass is 32.2. The van der Waals surface area contributed by atoms with Crippen molar-refractivity contribution in [1.29, 1.82) is 0 Å². The zero-order chi connectivity index (χ0) is 7.44. The third-order valence-corrected chi connectivity index (χ3v) is 1.13. The van der Waals surface area contributed by atoms with E-state index in [4.69, 9.17) is 0 Å². The van der Waals surface area contributed by atoms with E-state index in [1.54, 1.807) is 18.6 Å². The third kappa shape index (κ3) is 3.96. The first kappa shape index (κ1) is 8.42. The van der Waals surface area contributed by atoms with Gasteiger partial charge in [0.15, 0.2) is 0 Å². The lowest BCUT2D eigenvalue weighted by molar-refractivity contribution is -0.122. The Hall–Kier alpha value is -0.580. The zero-order valence-corrected chi connectivity index (χ0v) is 6.14. The first-order valence-corrected chi connectivity index (χ1v) is 3.66. The second-order valence-electron chi connectivity index (χ2n) is 1.89. The van der Waals surface area contributed by atoms with Gasteiger partial charge in [-0.05, 0) is 0 Å². The molecule has 1 N–H and O–H groups in total. The van der Waals surface area contributed by atoms with E-state index in [0.717, 1.165) is 0 Å². The Kier molecular flexibility index (Phi) is 3.22. The summed E-state index contributed by atoms with van der Waals surface area (Å²) in [4.78, 5) is 10.5. The highest BCUT2D eigenvalue weighted by Gasteiger charge is 2.04. The molecule has 0 aliphatic carbocycles. The van der Waals surface area contributed by atoms with Crippen LogP contribution in [-0.4, -0.2) is 14.3 Å². The maximum absolute atomic E-state index is 10.5. The van der Waals surface area contributed by atoms with E-state index in [1.807, 2.05) is 0 Å². The molecule has 0 aliphatic heterocycles. The van der Waals surface area contributed by atoms with Crippen LogP contribution >= 0.6 is 0 Å². The normalized spacial score (nSPS) is 10.2. The maximum Gasteiger partial charge on any atom is 0.235 e. The van der Waals surface area contributed by atoms with E-state index < -0.39 is 16.8 Å². The highest BCUT2D eigenvalue weighted by molar-refractivity contribution is 7.71. The highest BCUT2D eigenvalue weighted by Crippen LogP contribution is 1.88. The third-order valence-electron chi connectivity index (χ3n) is 0.726. The number of thiol groups is 1. The standard InChI is InChI=1S/C4H9NO3S/c1-3(2)4(6)5-9(7)8/h3,9H,1-2H3,(H,5,6,7,8). The molecule has 5 heteroatoms. The Morgan fingerprint density at radius 1 is 1.44 bits per heavy atom. The smallest absolute Gasteiger partial charge is 0.235 e. The molecule has 0 aromatic carbocycles. The van der Waals surface area contributed by atoms with Crippen molar-refractivity contribution >= 4 is 16.8 Å². The molecule has 0 atom stereocenters. The van der Waals surface area contributed by atoms with Gasteiger partial charge in [0, 0.05) is 5.92 Å². The molecule has 0 aromatic heterocycles. The van der Waals surface area contributed by atoms with E-state index in [2.05, 4.69) is 0 Å². The van der Waals surface area contributed by atoms with Crippen LogP contribution in [0.4, 0.5) is 0 Å². The Labute approximate surface area is 55.3 Å². The maximum atomic E-state index is 10.5. The first-order chi connectivity index (χ1) is 4.04. The van der Waals surface area contributed by atoms with Gasteiger partial charge in [-0.15, -0.1) is 0 Å². The van der Waals surface area contributed by atoms with Crippen LogP contribution in [0.2, 0.25) is 0 Å². The predicted octanol–water partition coefficient (Wildman–Crippen LogP) is -0.715. The molecule has 54 valence electrons. The van der Waals surface area contributed by atoms with Gasteiger partial charge >= 0.3 is 0 Å². The van der Waals surface area contributed by atoms with Gasteiger partial charge in [0.1, 0.15) is 0 Å². The summed E-state index contributed by atoms with van der Waals surface area (Å²) in [5.41, 5.74) is 0. The minimum atomic E-state index is -2.77. The van der Waals surface area contributed by atoms with E-state index in [0.29, 0.717) is 0 Å². The molecule has 0 heterocycles. The Morgan fingerprint density at radius 2 is 1.89 bits per heavy atom. The number of hydrogen-bond donors (Lipinski definition) is 2. The van der Waals surface area contributed by atoms with Crippen LogP contribution in [0.3, 0.4) is 0 Å². The van der Waals surface area contributed by atoms with Gasteiger partial charge in [0.2, 0.25) is 16.8 Å². The van der Waals surface area contributed by atoms with Crippen LogP contribution in [0, 0.1) is 5.92 Å². The molecule has 0 fully saturated rings. The fraction of sp³-hybridized carbons (Fsp3) is 0.750. The van der Waals surface area contributed by atoms with Gasteiger partial charge in [-0.1, -0.05) is 13.8 Å². The molecule has 1 amide bonds. The molecule has 0 aliphatic rings. The van der Waals surface area contributed by atoms with Gasteiger partial charge < -0.3 is 0 Å². The van der Waals surface area contributed by atoms with Crippen LogP contribution in [-0.2, 0) is 15.7 Å². The fourth-order valence-corrected chi connectivity index (χ4v) is 0.657. The second-order valence-corrected chi connectivity index (χ2v) is 2.63. The number of nitrogens with one attached hydrogen (secondary N) is 1. The summed E-state index contributed by atoms with van der Waals surface area (Å²) in [5.74, 6) is -0.746. The van der Waals surface area contributed by atoms with E-state index in [-0.39, 0.29) is 5.92 Å². The van der Waals surface area contributed by atoms with Crippen molar-refractivity contribution in [2.45, 2.75) is 13.8 Å². The SMILES string of the molecule is CC(C)C(=O)N[SH](=O)=O. The topological polar surface area (TPSA) is 63.2 Å². The predicted molar refractivity (Wildman–Crippen MR) is 33.3 cm³/mol. The minimum Gasteiger partial charge on any atom is -0.274 e. The van der Waals surface area contributed by atoms with Gasteiger partial charge in [-0.25, -0.2) is 8.42 Å². The average Bonchev–Trinajstić information content (AvgIpc) is 1.63. The molecule has 0 radical (unpaired) electrons. The lowest BCUT2D eigenvalue weighted by atomic mass is 10.2. The van der Waals surface area contributed by atoms with Crippen molar-refractivity contribution in [3.63, 3.8) is 0 Å². The molecule has 0 bridgehead atoms. The van der Waals surface area contributed by atoms with Crippen molar-refractivity contribution in [2.75, 3.05) is 0 Å². The number of carbonyl (C=O) groups is 1. The van der Waals surface area contributed by atoms with E-state index in [9.17, 15) is 13.2 Å². The average molecular weight is 151 g/mol. The lowest BCUT2D eigenvalue weighted by Crippen LogP contribution is -2.25. The van der Waals surface area contributed by atoms with Crippen LogP contribution in [0.1, 0.15) is 13.8 Å². The monoisotopic (exact) mass is 151 g/mol. The summed E-state index contributed by atoms with van der Waals surface area (Å²) < 4.78 is 21.4. The largest absolute Gasteiger partial charge is 0.274 e. The molecule has 0 unspecified atom stereocenters. The van der Waals surface area contributed by atoms with E-state index >= 15 is 0 Å². The Morgan fingerprint density at radius 3 is 2.00 bits per heavy atom. The summed E-state index contributed by atoms with van der Waals surface area (Å²) in [5, 5.41) is 0. The van der Waals surface area contributed by atoms with Gasteiger partial charge in [-0.2, -0.15) is 0 Å². The number of rotatable bonds is 2. The summed E-state index contributed by atoms with van der Waals surface area (Å²) in [6.45, 7) is 3.24. The Balaban J connectivity index is 3.79. The van der Waals surface area contributed by atoms with Crippen LogP contribution < -0.4 is 4.72 Å². The molecular weight excluding hydrogens is 142 g/mol. The van der Waals surface area contributed by atoms with Gasteiger partial charge in [0.25, 0.3) is 0 Å². The molecule has 0 saturated carbocycles. The lowest BCUT2D eigenvalue weighted by Gasteiger charge is -1.98. The molecule has 0 spiro atoms. The fourth-order valence-electron chi connectivity index (χ4n) is 0.219. The second kappa shape index (κ2) is 3.45. The molecule has 0 saturated heterocycles. The van der Waals surface area contributed by atoms with Crippen LogP contribution in [0.25, 0.3) is 0 Å². The summed E-state index contributed by atoms with van der Waals surface area (Å²) in [7, 11) is -2.77. The van der Waals surface area contributed by atoms with Crippen LogP contribution in [0.15, 0.2) is 0 Å². The van der Waals surface area contributed by atoms with Crippen molar-refractivity contribution in [2.24, 2.45) is 5.92 Å². The van der Waals surface area contributed by atoms with Crippen molar-refractivity contribution < 1.29 is 13.2 Å². The molecule has 4 nitrogen and oxygen atoms in total. The molecule has 9 heavy (non-hydrogen) atoms. The number of carbonyl (C=O) groups excluding carboxylic acids is 1. The van der Waals surface area contributed by atoms with E-state index in [1.165, 1.54) is 0 Å². The first-order valence-electron chi connectivity index (χ1n) is 2.49.